The summed E-state index contributed by atoms with van der Waals surface area (Å²) in [6.45, 7) is 1.53. The van der Waals surface area contributed by atoms with Crippen LogP contribution in [0.1, 0.15) is 28.8 Å². The second-order valence-electron chi connectivity index (χ2n) is 3.52. The topological polar surface area (TPSA) is 65.2 Å². The number of esters is 1. The van der Waals surface area contributed by atoms with Crippen LogP contribution in [0.2, 0.25) is 0 Å². The van der Waals surface area contributed by atoms with E-state index < -0.39 is 12.4 Å². The molecule has 0 saturated carbocycles. The van der Waals surface area contributed by atoms with Gasteiger partial charge in [-0.25, -0.2) is 8.78 Å². The molecule has 1 rings (SSSR count). The summed E-state index contributed by atoms with van der Waals surface area (Å²) in [5, 5.41) is 0. The predicted molar refractivity (Wildman–Crippen MR) is 57.5 cm³/mol. The van der Waals surface area contributed by atoms with Gasteiger partial charge in [-0.1, -0.05) is 0 Å². The molecule has 1 aromatic rings. The first-order chi connectivity index (χ1) is 8.01. The minimum atomic E-state index is -2.69. The first-order valence-electron chi connectivity index (χ1n) is 5.03. The molecule has 0 spiro atoms. The Kier molecular flexibility index (Phi) is 4.51. The molecule has 0 amide bonds. The Labute approximate surface area is 97.8 Å². The van der Waals surface area contributed by atoms with Gasteiger partial charge in [-0.2, -0.15) is 0 Å². The number of carbonyl (C=O) groups excluding carboxylic acids is 1. The predicted octanol–water partition coefficient (Wildman–Crippen LogP) is 1.50. The van der Waals surface area contributed by atoms with E-state index >= 15 is 0 Å². The summed E-state index contributed by atoms with van der Waals surface area (Å²) >= 11 is 0. The summed E-state index contributed by atoms with van der Waals surface area (Å²) in [5.74, 6) is -0.578. The molecule has 0 radical (unpaired) electrons. The number of nitrogens with zero attached hydrogens (tertiary/aromatic N) is 1. The number of ether oxygens (including phenoxy) is 1. The molecule has 0 unspecified atom stereocenters. The quantitative estimate of drug-likeness (QED) is 0.815. The fourth-order valence-corrected chi connectivity index (χ4v) is 1.59. The van der Waals surface area contributed by atoms with E-state index in [0.717, 1.165) is 0 Å². The maximum absolute atomic E-state index is 13.0. The third kappa shape index (κ3) is 2.97. The van der Waals surface area contributed by atoms with Gasteiger partial charge in [0.15, 0.2) is 0 Å². The lowest BCUT2D eigenvalue weighted by atomic mass is 9.99. The van der Waals surface area contributed by atoms with Crippen LogP contribution in [0, 0.1) is 6.92 Å². The van der Waals surface area contributed by atoms with E-state index in [-0.39, 0.29) is 29.7 Å². The van der Waals surface area contributed by atoms with Gasteiger partial charge in [0.05, 0.1) is 13.5 Å². The van der Waals surface area contributed by atoms with Crippen molar-refractivity contribution in [3.8, 4) is 0 Å². The van der Waals surface area contributed by atoms with Crippen molar-refractivity contribution in [1.29, 1.82) is 0 Å². The van der Waals surface area contributed by atoms with Gasteiger partial charge >= 0.3 is 5.97 Å². The minimum Gasteiger partial charge on any atom is -0.469 e. The maximum Gasteiger partial charge on any atom is 0.310 e. The first kappa shape index (κ1) is 13.5. The highest BCUT2D eigenvalue weighted by Gasteiger charge is 2.21. The smallest absolute Gasteiger partial charge is 0.310 e. The second-order valence-corrected chi connectivity index (χ2v) is 3.52. The van der Waals surface area contributed by atoms with Crippen LogP contribution in [0.5, 0.6) is 0 Å². The number of hydrogen-bond donors (Lipinski definition) is 1. The van der Waals surface area contributed by atoms with Crippen LogP contribution < -0.4 is 5.73 Å². The largest absolute Gasteiger partial charge is 0.469 e. The molecule has 2 N–H and O–H groups in total. The summed E-state index contributed by atoms with van der Waals surface area (Å²) in [4.78, 5) is 15.1. The number of aryl methyl sites for hydroxylation is 1. The third-order valence-corrected chi connectivity index (χ3v) is 2.51. The number of aromatic nitrogens is 1. The fraction of sp³-hybridized carbons (Fsp3) is 0.455. The van der Waals surface area contributed by atoms with Gasteiger partial charge in [0, 0.05) is 24.0 Å². The van der Waals surface area contributed by atoms with Crippen molar-refractivity contribution in [2.45, 2.75) is 26.3 Å². The molecule has 0 fully saturated rings. The Morgan fingerprint density at radius 2 is 2.24 bits per heavy atom. The van der Waals surface area contributed by atoms with Crippen LogP contribution in [0.15, 0.2) is 6.20 Å². The van der Waals surface area contributed by atoms with Crippen LogP contribution >= 0.6 is 0 Å². The van der Waals surface area contributed by atoms with Crippen molar-refractivity contribution in [2.75, 3.05) is 7.11 Å². The molecule has 94 valence electrons. The van der Waals surface area contributed by atoms with E-state index in [0.29, 0.717) is 5.69 Å². The van der Waals surface area contributed by atoms with Crippen molar-refractivity contribution in [1.82, 2.24) is 4.98 Å². The minimum absolute atomic E-state index is 0.0405. The van der Waals surface area contributed by atoms with Crippen LogP contribution in [0.3, 0.4) is 0 Å². The van der Waals surface area contributed by atoms with Gasteiger partial charge in [0.1, 0.15) is 0 Å². The molecule has 4 nitrogen and oxygen atoms in total. The zero-order valence-corrected chi connectivity index (χ0v) is 9.67. The highest BCUT2D eigenvalue weighted by molar-refractivity contribution is 5.73. The number of pyridine rings is 1. The van der Waals surface area contributed by atoms with Crippen molar-refractivity contribution >= 4 is 5.97 Å². The Bertz CT molecular complexity index is 422. The van der Waals surface area contributed by atoms with Gasteiger partial charge in [-0.15, -0.1) is 0 Å². The summed E-state index contributed by atoms with van der Waals surface area (Å²) < 4.78 is 30.4. The normalized spacial score (nSPS) is 10.7. The van der Waals surface area contributed by atoms with Gasteiger partial charge < -0.3 is 10.5 Å². The summed E-state index contributed by atoms with van der Waals surface area (Å²) in [7, 11) is 1.21. The number of hydrogen-bond acceptors (Lipinski definition) is 4. The molecule has 0 aliphatic heterocycles. The molecule has 0 aromatic carbocycles. The molecule has 0 saturated heterocycles. The van der Waals surface area contributed by atoms with Gasteiger partial charge in [0.25, 0.3) is 6.43 Å². The zero-order chi connectivity index (χ0) is 13.0. The van der Waals surface area contributed by atoms with E-state index in [1.54, 1.807) is 6.92 Å². The van der Waals surface area contributed by atoms with Crippen molar-refractivity contribution in [2.24, 2.45) is 5.73 Å². The standard InChI is InChI=1S/C11H14F2N2O2/c1-6-8(3-9(16)17-2)10(11(12)13)7(4-14)5-15-6/h5,11H,3-4,14H2,1-2H3. The Morgan fingerprint density at radius 3 is 2.71 bits per heavy atom. The fourth-order valence-electron chi connectivity index (χ4n) is 1.59. The molecule has 0 aliphatic rings. The number of halogens is 2. The van der Waals surface area contributed by atoms with E-state index in [2.05, 4.69) is 9.72 Å². The van der Waals surface area contributed by atoms with E-state index in [9.17, 15) is 13.6 Å². The average molecular weight is 244 g/mol. The number of nitrogens with two attached hydrogens (primary N) is 1. The molecular weight excluding hydrogens is 230 g/mol. The molecule has 1 aromatic heterocycles. The molecule has 6 heteroatoms. The number of alkyl halides is 2. The number of rotatable bonds is 4. The van der Waals surface area contributed by atoms with E-state index in [1.807, 2.05) is 0 Å². The van der Waals surface area contributed by atoms with Gasteiger partial charge in [-0.05, 0) is 18.1 Å². The molecule has 0 atom stereocenters. The number of methoxy groups -OCH3 is 1. The van der Waals surface area contributed by atoms with Crippen LogP contribution in [0.25, 0.3) is 0 Å². The van der Waals surface area contributed by atoms with Gasteiger partial charge in [0.2, 0.25) is 0 Å². The van der Waals surface area contributed by atoms with E-state index in [4.69, 9.17) is 5.73 Å². The lowest BCUT2D eigenvalue weighted by Gasteiger charge is -2.14. The van der Waals surface area contributed by atoms with Gasteiger partial charge in [-0.3, -0.25) is 9.78 Å². The van der Waals surface area contributed by atoms with Crippen LogP contribution in [-0.4, -0.2) is 18.1 Å². The van der Waals surface area contributed by atoms with Crippen molar-refractivity contribution in [3.63, 3.8) is 0 Å². The summed E-state index contributed by atoms with van der Waals surface area (Å²) in [5.41, 5.74) is 6.03. The Morgan fingerprint density at radius 1 is 1.59 bits per heavy atom. The molecule has 0 bridgehead atoms. The first-order valence-corrected chi connectivity index (χ1v) is 5.03. The summed E-state index contributed by atoms with van der Waals surface area (Å²) in [6.07, 6.45) is -1.59. The Balaban J connectivity index is 3.28. The zero-order valence-electron chi connectivity index (χ0n) is 9.67. The molecule has 1 heterocycles. The molecular formula is C11H14F2N2O2. The maximum atomic E-state index is 13.0. The van der Waals surface area contributed by atoms with Crippen LogP contribution in [0.4, 0.5) is 8.78 Å². The van der Waals surface area contributed by atoms with Crippen LogP contribution in [-0.2, 0) is 22.5 Å². The monoisotopic (exact) mass is 244 g/mol. The molecule has 17 heavy (non-hydrogen) atoms. The highest BCUT2D eigenvalue weighted by Crippen LogP contribution is 2.28. The number of carbonyl (C=O) groups is 1. The van der Waals surface area contributed by atoms with Crippen molar-refractivity contribution in [3.05, 3.63) is 28.6 Å². The SMILES string of the molecule is COC(=O)Cc1c(C)ncc(CN)c1C(F)F. The lowest BCUT2D eigenvalue weighted by molar-refractivity contribution is -0.139. The van der Waals surface area contributed by atoms with E-state index in [1.165, 1.54) is 13.3 Å². The average Bonchev–Trinajstić information content (AvgIpc) is 2.30. The second kappa shape index (κ2) is 5.67. The third-order valence-electron chi connectivity index (χ3n) is 2.51. The summed E-state index contributed by atoms with van der Waals surface area (Å²) in [6, 6.07) is 0. The van der Waals surface area contributed by atoms with Crippen molar-refractivity contribution < 1.29 is 18.3 Å². The highest BCUT2D eigenvalue weighted by atomic mass is 19.3. The Hall–Kier alpha value is -1.56. The molecule has 0 aliphatic carbocycles. The lowest BCUT2D eigenvalue weighted by Crippen LogP contribution is -2.13.